The Balaban J connectivity index is 1.27. The van der Waals surface area contributed by atoms with Crippen LogP contribution in [0.25, 0.3) is 66.5 Å². The minimum absolute atomic E-state index is 0.610. The zero-order valence-electron chi connectivity index (χ0n) is 26.6. The van der Waals surface area contributed by atoms with Crippen LogP contribution in [0.5, 0.6) is 0 Å². The van der Waals surface area contributed by atoms with Crippen LogP contribution in [0.15, 0.2) is 182 Å². The smallest absolute Gasteiger partial charge is 0.166 e. The van der Waals surface area contributed by atoms with Crippen LogP contribution in [0.2, 0.25) is 0 Å². The number of anilines is 3. The molecule has 0 aliphatic heterocycles. The molecule has 0 saturated carbocycles. The summed E-state index contributed by atoms with van der Waals surface area (Å²) in [6.45, 7) is 0. The van der Waals surface area contributed by atoms with E-state index in [1.807, 2.05) is 36.4 Å². The monoisotopic (exact) mass is 626 g/mol. The summed E-state index contributed by atoms with van der Waals surface area (Å²) in [5, 5.41) is 7.15. The first-order chi connectivity index (χ1) is 24.3. The summed E-state index contributed by atoms with van der Waals surface area (Å²) >= 11 is 0. The molecule has 9 rings (SSSR count). The van der Waals surface area contributed by atoms with Gasteiger partial charge in [0, 0.05) is 27.8 Å². The fourth-order valence-corrected chi connectivity index (χ4v) is 6.74. The molecule has 8 aromatic carbocycles. The van der Waals surface area contributed by atoms with Gasteiger partial charge in [0.05, 0.1) is 11.4 Å². The van der Waals surface area contributed by atoms with Gasteiger partial charge in [0.25, 0.3) is 0 Å². The van der Waals surface area contributed by atoms with Crippen molar-refractivity contribution in [3.63, 3.8) is 0 Å². The van der Waals surface area contributed by atoms with E-state index in [2.05, 4.69) is 150 Å². The lowest BCUT2D eigenvalue weighted by molar-refractivity contribution is 1.07. The molecule has 0 bridgehead atoms. The van der Waals surface area contributed by atoms with Crippen molar-refractivity contribution in [3.8, 4) is 34.2 Å². The van der Waals surface area contributed by atoms with Crippen LogP contribution in [0.4, 0.5) is 17.1 Å². The standard InChI is InChI=1S/C45H30N4/c1-3-16-33(17-4-1)43-46-44(35-28-29-38-34(30-35)27-26-32-15-7-9-21-37(32)38)48-45(47-43)40-23-11-12-24-42(40)49(36-19-5-2-6-20-36)41-25-13-18-31-14-8-10-22-39(31)41/h1-30H. The van der Waals surface area contributed by atoms with Gasteiger partial charge in [-0.25, -0.2) is 15.0 Å². The van der Waals surface area contributed by atoms with Crippen molar-refractivity contribution in [1.82, 2.24) is 15.0 Å². The molecule has 4 heteroatoms. The molecule has 0 saturated heterocycles. The average molecular weight is 627 g/mol. The summed E-state index contributed by atoms with van der Waals surface area (Å²) in [5.74, 6) is 1.87. The summed E-state index contributed by atoms with van der Waals surface area (Å²) in [7, 11) is 0. The molecule has 1 heterocycles. The topological polar surface area (TPSA) is 41.9 Å². The Morgan fingerprint density at radius 1 is 0.327 bits per heavy atom. The van der Waals surface area contributed by atoms with Crippen molar-refractivity contribution in [3.05, 3.63) is 182 Å². The van der Waals surface area contributed by atoms with Gasteiger partial charge < -0.3 is 4.90 Å². The van der Waals surface area contributed by atoms with Gasteiger partial charge >= 0.3 is 0 Å². The summed E-state index contributed by atoms with van der Waals surface area (Å²) in [4.78, 5) is 17.7. The van der Waals surface area contributed by atoms with Gasteiger partial charge in [0.2, 0.25) is 0 Å². The molecule has 0 unspecified atom stereocenters. The number of aromatic nitrogens is 3. The van der Waals surface area contributed by atoms with Crippen LogP contribution >= 0.6 is 0 Å². The van der Waals surface area contributed by atoms with Crippen LogP contribution in [0.1, 0.15) is 0 Å². The van der Waals surface area contributed by atoms with Crippen molar-refractivity contribution < 1.29 is 0 Å². The fraction of sp³-hybridized carbons (Fsp3) is 0. The maximum Gasteiger partial charge on any atom is 0.166 e. The molecule has 230 valence electrons. The predicted octanol–water partition coefficient (Wildman–Crippen LogP) is 11.8. The highest BCUT2D eigenvalue weighted by Crippen LogP contribution is 2.43. The number of para-hydroxylation sites is 2. The Morgan fingerprint density at radius 2 is 0.878 bits per heavy atom. The molecule has 0 amide bonds. The average Bonchev–Trinajstić information content (AvgIpc) is 3.18. The van der Waals surface area contributed by atoms with Gasteiger partial charge in [-0.1, -0.05) is 146 Å². The summed E-state index contributed by atoms with van der Waals surface area (Å²) in [6, 6.07) is 63.4. The van der Waals surface area contributed by atoms with E-state index in [-0.39, 0.29) is 0 Å². The molecule has 9 aromatic rings. The molecule has 49 heavy (non-hydrogen) atoms. The van der Waals surface area contributed by atoms with E-state index in [1.54, 1.807) is 0 Å². The van der Waals surface area contributed by atoms with Crippen LogP contribution < -0.4 is 4.90 Å². The van der Waals surface area contributed by atoms with Crippen molar-refractivity contribution in [1.29, 1.82) is 0 Å². The zero-order chi connectivity index (χ0) is 32.6. The normalized spacial score (nSPS) is 11.3. The molecular weight excluding hydrogens is 597 g/mol. The molecule has 0 N–H and O–H groups in total. The number of hydrogen-bond donors (Lipinski definition) is 0. The van der Waals surface area contributed by atoms with Crippen LogP contribution in [-0.2, 0) is 0 Å². The largest absolute Gasteiger partial charge is 0.309 e. The van der Waals surface area contributed by atoms with Gasteiger partial charge in [-0.3, -0.25) is 0 Å². The number of fused-ring (bicyclic) bond motifs is 4. The summed E-state index contributed by atoms with van der Waals surface area (Å²) in [6.07, 6.45) is 0. The zero-order valence-corrected chi connectivity index (χ0v) is 26.6. The van der Waals surface area contributed by atoms with E-state index in [1.165, 1.54) is 21.5 Å². The van der Waals surface area contributed by atoms with Crippen molar-refractivity contribution >= 4 is 49.4 Å². The number of benzene rings is 8. The third-order valence-corrected chi connectivity index (χ3v) is 9.08. The van der Waals surface area contributed by atoms with Crippen molar-refractivity contribution in [2.75, 3.05) is 4.90 Å². The molecule has 0 spiro atoms. The Hall–Kier alpha value is -6.65. The number of nitrogens with zero attached hydrogens (tertiary/aromatic N) is 4. The fourth-order valence-electron chi connectivity index (χ4n) is 6.74. The van der Waals surface area contributed by atoms with Gasteiger partial charge in [0.1, 0.15) is 0 Å². The van der Waals surface area contributed by atoms with Crippen LogP contribution in [-0.4, -0.2) is 15.0 Å². The Labute approximate surface area is 284 Å². The second kappa shape index (κ2) is 12.2. The summed E-state index contributed by atoms with van der Waals surface area (Å²) < 4.78 is 0. The first-order valence-electron chi connectivity index (χ1n) is 16.5. The maximum absolute atomic E-state index is 5.21. The molecule has 0 aliphatic carbocycles. The summed E-state index contributed by atoms with van der Waals surface area (Å²) in [5.41, 5.74) is 5.89. The second-order valence-electron chi connectivity index (χ2n) is 12.1. The lowest BCUT2D eigenvalue weighted by Crippen LogP contribution is -2.12. The number of hydrogen-bond acceptors (Lipinski definition) is 4. The SMILES string of the molecule is c1ccc(-c2nc(-c3ccc4c(ccc5ccccc54)c3)nc(-c3ccccc3N(c3ccccc3)c3cccc4ccccc34)n2)cc1. The molecule has 4 nitrogen and oxygen atoms in total. The van der Waals surface area contributed by atoms with Crippen LogP contribution in [0.3, 0.4) is 0 Å². The first-order valence-corrected chi connectivity index (χ1v) is 16.5. The van der Waals surface area contributed by atoms with E-state index in [4.69, 9.17) is 15.0 Å². The Kier molecular flexibility index (Phi) is 7.10. The predicted molar refractivity (Wildman–Crippen MR) is 203 cm³/mol. The Morgan fingerprint density at radius 3 is 1.69 bits per heavy atom. The highest BCUT2D eigenvalue weighted by molar-refractivity contribution is 6.08. The lowest BCUT2D eigenvalue weighted by atomic mass is 10.00. The second-order valence-corrected chi connectivity index (χ2v) is 12.1. The van der Waals surface area contributed by atoms with E-state index in [0.717, 1.165) is 44.5 Å². The highest BCUT2D eigenvalue weighted by Gasteiger charge is 2.21. The lowest BCUT2D eigenvalue weighted by Gasteiger charge is -2.28. The van der Waals surface area contributed by atoms with E-state index in [0.29, 0.717) is 17.5 Å². The quantitative estimate of drug-likeness (QED) is 0.172. The third-order valence-electron chi connectivity index (χ3n) is 9.08. The van der Waals surface area contributed by atoms with E-state index in [9.17, 15) is 0 Å². The van der Waals surface area contributed by atoms with Crippen LogP contribution in [0, 0.1) is 0 Å². The molecule has 1 aromatic heterocycles. The molecule has 0 atom stereocenters. The van der Waals surface area contributed by atoms with Crippen molar-refractivity contribution in [2.45, 2.75) is 0 Å². The van der Waals surface area contributed by atoms with Gasteiger partial charge in [-0.05, 0) is 63.3 Å². The Bertz CT molecular complexity index is 2610. The minimum atomic E-state index is 0.610. The maximum atomic E-state index is 5.21. The van der Waals surface area contributed by atoms with E-state index >= 15 is 0 Å². The van der Waals surface area contributed by atoms with Gasteiger partial charge in [-0.15, -0.1) is 0 Å². The minimum Gasteiger partial charge on any atom is -0.309 e. The highest BCUT2D eigenvalue weighted by atomic mass is 15.2. The third kappa shape index (κ3) is 5.26. The van der Waals surface area contributed by atoms with Gasteiger partial charge in [0.15, 0.2) is 17.5 Å². The molecule has 0 radical (unpaired) electrons. The van der Waals surface area contributed by atoms with Gasteiger partial charge in [-0.2, -0.15) is 0 Å². The van der Waals surface area contributed by atoms with Crippen molar-refractivity contribution in [2.24, 2.45) is 0 Å². The molecule has 0 aliphatic rings. The van der Waals surface area contributed by atoms with E-state index < -0.39 is 0 Å². The molecular formula is C45H30N4. The molecule has 0 fully saturated rings. The first kappa shape index (κ1) is 28.6. The number of rotatable bonds is 6.